The normalized spacial score (nSPS) is 12.0. The highest BCUT2D eigenvalue weighted by Gasteiger charge is 2.32. The Labute approximate surface area is 209 Å². The van der Waals surface area contributed by atoms with Crippen LogP contribution in [0.25, 0.3) is 0 Å². The number of nitrogens with zero attached hydrogens (tertiary/aromatic N) is 2. The molecule has 7 nitrogen and oxygen atoms in total. The van der Waals surface area contributed by atoms with Gasteiger partial charge in [-0.25, -0.2) is 17.2 Å². The van der Waals surface area contributed by atoms with Crippen LogP contribution in [0.5, 0.6) is 0 Å². The maximum atomic E-state index is 13.7. The standard InChI is InChI=1S/C26H27F2N3O4S/c1-29-26(33)24(16-19-6-4-3-5-7-19)30(17-20-8-10-21(27)11-9-20)25(32)18-31(36(2,34)35)23-14-12-22(28)13-15-23/h3-15,24H,16-18H2,1-2H3,(H,29,33). The van der Waals surface area contributed by atoms with Gasteiger partial charge in [0.15, 0.2) is 0 Å². The number of carbonyl (C=O) groups is 2. The molecule has 2 amide bonds. The predicted octanol–water partition coefficient (Wildman–Crippen LogP) is 3.12. The van der Waals surface area contributed by atoms with Crippen molar-refractivity contribution in [3.8, 4) is 0 Å². The number of carbonyl (C=O) groups excluding carboxylic acids is 2. The zero-order chi connectivity index (χ0) is 26.3. The van der Waals surface area contributed by atoms with E-state index >= 15 is 0 Å². The number of rotatable bonds is 10. The van der Waals surface area contributed by atoms with E-state index in [1.807, 2.05) is 30.3 Å². The minimum atomic E-state index is -3.94. The third-order valence-electron chi connectivity index (χ3n) is 5.58. The minimum absolute atomic E-state index is 0.0644. The monoisotopic (exact) mass is 515 g/mol. The molecule has 3 aromatic carbocycles. The first-order valence-corrected chi connectivity index (χ1v) is 13.0. The summed E-state index contributed by atoms with van der Waals surface area (Å²) in [6.07, 6.45) is 1.11. The molecule has 1 N–H and O–H groups in total. The quantitative estimate of drug-likeness (QED) is 0.450. The molecule has 0 spiro atoms. The van der Waals surface area contributed by atoms with Crippen LogP contribution in [0.4, 0.5) is 14.5 Å². The minimum Gasteiger partial charge on any atom is -0.357 e. The first-order valence-electron chi connectivity index (χ1n) is 11.1. The molecule has 0 heterocycles. The lowest BCUT2D eigenvalue weighted by molar-refractivity contribution is -0.139. The Morgan fingerprint density at radius 3 is 1.94 bits per heavy atom. The van der Waals surface area contributed by atoms with Gasteiger partial charge in [0, 0.05) is 20.0 Å². The highest BCUT2D eigenvalue weighted by atomic mass is 32.2. The van der Waals surface area contributed by atoms with Gasteiger partial charge < -0.3 is 10.2 Å². The molecule has 190 valence electrons. The Balaban J connectivity index is 2.00. The second-order valence-electron chi connectivity index (χ2n) is 8.21. The molecule has 0 aliphatic carbocycles. The Morgan fingerprint density at radius 2 is 1.42 bits per heavy atom. The highest BCUT2D eigenvalue weighted by Crippen LogP contribution is 2.21. The molecule has 0 saturated carbocycles. The van der Waals surface area contributed by atoms with Crippen molar-refractivity contribution in [1.82, 2.24) is 10.2 Å². The van der Waals surface area contributed by atoms with E-state index in [9.17, 15) is 26.8 Å². The number of anilines is 1. The van der Waals surface area contributed by atoms with Crippen molar-refractivity contribution >= 4 is 27.5 Å². The van der Waals surface area contributed by atoms with Gasteiger partial charge in [0.05, 0.1) is 11.9 Å². The van der Waals surface area contributed by atoms with Gasteiger partial charge in [0.2, 0.25) is 21.8 Å². The van der Waals surface area contributed by atoms with Crippen LogP contribution in [0, 0.1) is 11.6 Å². The number of nitrogens with one attached hydrogen (secondary N) is 1. The highest BCUT2D eigenvalue weighted by molar-refractivity contribution is 7.92. The van der Waals surface area contributed by atoms with Crippen LogP contribution in [0.3, 0.4) is 0 Å². The maximum Gasteiger partial charge on any atom is 0.244 e. The van der Waals surface area contributed by atoms with Gasteiger partial charge in [0.25, 0.3) is 0 Å². The summed E-state index contributed by atoms with van der Waals surface area (Å²) in [4.78, 5) is 27.9. The molecule has 3 aromatic rings. The van der Waals surface area contributed by atoms with Crippen LogP contribution in [0.15, 0.2) is 78.9 Å². The van der Waals surface area contributed by atoms with E-state index < -0.39 is 46.1 Å². The molecule has 1 unspecified atom stereocenters. The summed E-state index contributed by atoms with van der Waals surface area (Å²) in [6, 6.07) is 18.3. The molecule has 3 rings (SSSR count). The van der Waals surface area contributed by atoms with Crippen LogP contribution in [-0.4, -0.2) is 51.0 Å². The number of amides is 2. The van der Waals surface area contributed by atoms with Gasteiger partial charge in [-0.3, -0.25) is 13.9 Å². The second kappa shape index (κ2) is 11.8. The number of sulfonamides is 1. The Kier molecular flexibility index (Phi) is 8.76. The van der Waals surface area contributed by atoms with E-state index in [0.717, 1.165) is 28.3 Å². The van der Waals surface area contributed by atoms with Crippen LogP contribution >= 0.6 is 0 Å². The van der Waals surface area contributed by atoms with Crippen LogP contribution in [0.2, 0.25) is 0 Å². The number of hydrogen-bond donors (Lipinski definition) is 1. The number of likely N-dealkylation sites (N-methyl/N-ethyl adjacent to an activating group) is 1. The van der Waals surface area contributed by atoms with E-state index in [1.165, 1.54) is 48.3 Å². The summed E-state index contributed by atoms with van der Waals surface area (Å²) in [6.45, 7) is -0.682. The molecule has 0 aliphatic heterocycles. The van der Waals surface area contributed by atoms with E-state index in [1.54, 1.807) is 0 Å². The van der Waals surface area contributed by atoms with Crippen molar-refractivity contribution in [1.29, 1.82) is 0 Å². The second-order valence-corrected chi connectivity index (χ2v) is 10.1. The first kappa shape index (κ1) is 26.8. The summed E-state index contributed by atoms with van der Waals surface area (Å²) in [7, 11) is -2.49. The summed E-state index contributed by atoms with van der Waals surface area (Å²) < 4.78 is 52.9. The molecule has 0 aromatic heterocycles. The molecule has 36 heavy (non-hydrogen) atoms. The van der Waals surface area contributed by atoms with E-state index in [0.29, 0.717) is 5.56 Å². The molecule has 0 radical (unpaired) electrons. The van der Waals surface area contributed by atoms with Crippen molar-refractivity contribution in [2.24, 2.45) is 0 Å². The fraction of sp³-hybridized carbons (Fsp3) is 0.231. The zero-order valence-corrected chi connectivity index (χ0v) is 20.7. The van der Waals surface area contributed by atoms with E-state index in [-0.39, 0.29) is 18.7 Å². The lowest BCUT2D eigenvalue weighted by Crippen LogP contribution is -2.52. The first-order chi connectivity index (χ1) is 17.1. The van der Waals surface area contributed by atoms with E-state index in [2.05, 4.69) is 5.32 Å². The summed E-state index contributed by atoms with van der Waals surface area (Å²) in [5.41, 5.74) is 1.45. The molecule has 0 bridgehead atoms. The maximum absolute atomic E-state index is 13.7. The Bertz CT molecular complexity index is 1290. The fourth-order valence-electron chi connectivity index (χ4n) is 3.73. The molecular formula is C26H27F2N3O4S. The molecule has 0 saturated heterocycles. The SMILES string of the molecule is CNC(=O)C(Cc1ccccc1)N(Cc1ccc(F)cc1)C(=O)CN(c1ccc(F)cc1)S(C)(=O)=O. The number of halogens is 2. The Morgan fingerprint density at radius 1 is 0.861 bits per heavy atom. The Hall–Kier alpha value is -3.79. The van der Waals surface area contributed by atoms with Crippen molar-refractivity contribution in [2.45, 2.75) is 19.0 Å². The van der Waals surface area contributed by atoms with E-state index in [4.69, 9.17) is 0 Å². The van der Waals surface area contributed by atoms with Gasteiger partial charge >= 0.3 is 0 Å². The molecule has 0 aliphatic rings. The average molecular weight is 516 g/mol. The van der Waals surface area contributed by atoms with Crippen molar-refractivity contribution in [3.05, 3.63) is 102 Å². The van der Waals surface area contributed by atoms with Crippen molar-refractivity contribution < 1.29 is 26.8 Å². The average Bonchev–Trinajstić information content (AvgIpc) is 2.86. The lowest BCUT2D eigenvalue weighted by Gasteiger charge is -2.33. The van der Waals surface area contributed by atoms with Crippen molar-refractivity contribution in [2.75, 3.05) is 24.2 Å². The van der Waals surface area contributed by atoms with Crippen LogP contribution in [0.1, 0.15) is 11.1 Å². The lowest BCUT2D eigenvalue weighted by atomic mass is 10.0. The molecule has 10 heteroatoms. The summed E-state index contributed by atoms with van der Waals surface area (Å²) in [5.74, 6) is -2.11. The van der Waals surface area contributed by atoms with Gasteiger partial charge in [-0.15, -0.1) is 0 Å². The smallest absolute Gasteiger partial charge is 0.244 e. The summed E-state index contributed by atoms with van der Waals surface area (Å²) >= 11 is 0. The fourth-order valence-corrected chi connectivity index (χ4v) is 4.58. The van der Waals surface area contributed by atoms with Gasteiger partial charge in [-0.05, 0) is 47.5 Å². The largest absolute Gasteiger partial charge is 0.357 e. The van der Waals surface area contributed by atoms with Gasteiger partial charge in [-0.2, -0.15) is 0 Å². The molecule has 0 fully saturated rings. The van der Waals surface area contributed by atoms with Gasteiger partial charge in [0.1, 0.15) is 24.2 Å². The number of hydrogen-bond acceptors (Lipinski definition) is 4. The number of benzene rings is 3. The third kappa shape index (κ3) is 7.11. The molecule has 1 atom stereocenters. The van der Waals surface area contributed by atoms with Crippen LogP contribution < -0.4 is 9.62 Å². The molecular weight excluding hydrogens is 488 g/mol. The summed E-state index contributed by atoms with van der Waals surface area (Å²) in [5, 5.41) is 2.57. The van der Waals surface area contributed by atoms with Crippen LogP contribution in [-0.2, 0) is 32.6 Å². The predicted molar refractivity (Wildman–Crippen MR) is 134 cm³/mol. The van der Waals surface area contributed by atoms with Crippen molar-refractivity contribution in [3.63, 3.8) is 0 Å². The zero-order valence-electron chi connectivity index (χ0n) is 19.9. The topological polar surface area (TPSA) is 86.8 Å². The van der Waals surface area contributed by atoms with Gasteiger partial charge in [-0.1, -0.05) is 42.5 Å². The third-order valence-corrected chi connectivity index (χ3v) is 6.72.